The summed E-state index contributed by atoms with van der Waals surface area (Å²) in [6.07, 6.45) is 7.11. The van der Waals surface area contributed by atoms with E-state index in [2.05, 4.69) is 55.2 Å². The minimum Gasteiger partial charge on any atom is -0.344 e. The fourth-order valence-corrected chi connectivity index (χ4v) is 3.60. The summed E-state index contributed by atoms with van der Waals surface area (Å²) < 4.78 is 0. The van der Waals surface area contributed by atoms with Crippen LogP contribution in [-0.4, -0.2) is 11.8 Å². The molecule has 0 spiro atoms. The second kappa shape index (κ2) is 5.09. The van der Waals surface area contributed by atoms with Gasteiger partial charge in [-0.25, -0.2) is 0 Å². The Bertz CT molecular complexity index is 544. The van der Waals surface area contributed by atoms with E-state index in [1.54, 1.807) is 0 Å². The topological polar surface area (TPSA) is 3.24 Å². The number of hydrogen-bond donors (Lipinski definition) is 1. The number of para-hydroxylation sites is 1. The zero-order valence-corrected chi connectivity index (χ0v) is 12.5. The van der Waals surface area contributed by atoms with Crippen molar-refractivity contribution in [1.29, 1.82) is 0 Å². The Kier molecular flexibility index (Phi) is 3.44. The molecular formula is C17H21NS. The predicted molar refractivity (Wildman–Crippen MR) is 86.1 cm³/mol. The molecule has 2 unspecified atom stereocenters. The Morgan fingerprint density at radius 1 is 1.26 bits per heavy atom. The fraction of sp³-hybridized carbons (Fsp3) is 0.412. The van der Waals surface area contributed by atoms with Crippen molar-refractivity contribution in [2.75, 3.05) is 11.4 Å². The van der Waals surface area contributed by atoms with Crippen molar-refractivity contribution in [2.24, 2.45) is 0 Å². The number of anilines is 1. The highest BCUT2D eigenvalue weighted by Gasteiger charge is 2.35. The standard InChI is InChI=1S/C17H21NS/c1-3-4-9-18-15-8-6-5-7-13(15)14-10-12(2)11-16(18)17(14)19/h5-8,10-11,14,17,19H,3-4,9H2,1-2H3. The van der Waals surface area contributed by atoms with Crippen LogP contribution in [0.1, 0.15) is 38.2 Å². The molecule has 0 saturated carbocycles. The van der Waals surface area contributed by atoms with E-state index < -0.39 is 0 Å². The van der Waals surface area contributed by atoms with Crippen LogP contribution >= 0.6 is 12.6 Å². The second-order valence-corrected chi connectivity index (χ2v) is 6.07. The number of benzene rings is 1. The molecule has 0 amide bonds. The first-order valence-electron chi connectivity index (χ1n) is 7.17. The van der Waals surface area contributed by atoms with E-state index in [9.17, 15) is 0 Å². The number of nitrogens with zero attached hydrogens (tertiary/aromatic N) is 1. The third kappa shape index (κ3) is 2.12. The van der Waals surface area contributed by atoms with E-state index in [1.165, 1.54) is 35.4 Å². The number of rotatable bonds is 3. The van der Waals surface area contributed by atoms with Crippen molar-refractivity contribution in [1.82, 2.24) is 0 Å². The lowest BCUT2D eigenvalue weighted by molar-refractivity contribution is 0.690. The zero-order chi connectivity index (χ0) is 13.4. The van der Waals surface area contributed by atoms with Crippen molar-refractivity contribution in [3.63, 3.8) is 0 Å². The number of thiol groups is 1. The van der Waals surface area contributed by atoms with Gasteiger partial charge in [-0.3, -0.25) is 0 Å². The summed E-state index contributed by atoms with van der Waals surface area (Å²) in [5.74, 6) is 0.428. The van der Waals surface area contributed by atoms with Crippen molar-refractivity contribution in [3.8, 4) is 0 Å². The largest absolute Gasteiger partial charge is 0.344 e. The van der Waals surface area contributed by atoms with Crippen LogP contribution in [-0.2, 0) is 0 Å². The van der Waals surface area contributed by atoms with E-state index in [1.807, 2.05) is 0 Å². The molecule has 0 N–H and O–H groups in total. The number of allylic oxidation sites excluding steroid dienone is 3. The van der Waals surface area contributed by atoms with Crippen LogP contribution < -0.4 is 4.90 Å². The first-order chi connectivity index (χ1) is 9.22. The SMILES string of the molecule is CCCCN1C2=CC(C)=CC(c3ccccc31)C2S. The molecule has 100 valence electrons. The third-order valence-electron chi connectivity index (χ3n) is 4.09. The highest BCUT2D eigenvalue weighted by atomic mass is 32.1. The maximum Gasteiger partial charge on any atom is 0.0524 e. The van der Waals surface area contributed by atoms with Gasteiger partial charge in [-0.2, -0.15) is 12.6 Å². The zero-order valence-electron chi connectivity index (χ0n) is 11.6. The van der Waals surface area contributed by atoms with E-state index in [0.29, 0.717) is 11.2 Å². The van der Waals surface area contributed by atoms with E-state index in [0.717, 1.165) is 6.54 Å². The van der Waals surface area contributed by atoms with E-state index >= 15 is 0 Å². The van der Waals surface area contributed by atoms with Crippen LogP contribution in [0, 0.1) is 0 Å². The van der Waals surface area contributed by atoms with Gasteiger partial charge in [0.15, 0.2) is 0 Å². The molecule has 1 aliphatic carbocycles. The second-order valence-electron chi connectivity index (χ2n) is 5.51. The quantitative estimate of drug-likeness (QED) is 0.790. The molecule has 0 fully saturated rings. The highest BCUT2D eigenvalue weighted by molar-refractivity contribution is 7.81. The van der Waals surface area contributed by atoms with Crippen LogP contribution in [0.3, 0.4) is 0 Å². The first-order valence-corrected chi connectivity index (χ1v) is 7.68. The fourth-order valence-electron chi connectivity index (χ4n) is 3.14. The highest BCUT2D eigenvalue weighted by Crippen LogP contribution is 2.46. The summed E-state index contributed by atoms with van der Waals surface area (Å²) in [5, 5.41) is 0.301. The molecule has 1 aromatic rings. The van der Waals surface area contributed by atoms with Gasteiger partial charge in [-0.05, 0) is 31.1 Å². The minimum atomic E-state index is 0.301. The summed E-state index contributed by atoms with van der Waals surface area (Å²) in [6.45, 7) is 5.53. The predicted octanol–water partition coefficient (Wildman–Crippen LogP) is 4.53. The van der Waals surface area contributed by atoms with Gasteiger partial charge in [0.1, 0.15) is 0 Å². The Labute approximate surface area is 121 Å². The Balaban J connectivity index is 2.11. The number of hydrogen-bond acceptors (Lipinski definition) is 2. The lowest BCUT2D eigenvalue weighted by Gasteiger charge is -2.43. The molecule has 1 nitrogen and oxygen atoms in total. The van der Waals surface area contributed by atoms with Crippen molar-refractivity contribution in [3.05, 3.63) is 53.3 Å². The summed E-state index contributed by atoms with van der Waals surface area (Å²) in [7, 11) is 0. The lowest BCUT2D eigenvalue weighted by Crippen LogP contribution is -2.38. The molecule has 1 aliphatic heterocycles. The van der Waals surface area contributed by atoms with Crippen molar-refractivity contribution < 1.29 is 0 Å². The minimum absolute atomic E-state index is 0.301. The van der Waals surface area contributed by atoms with Gasteiger partial charge in [0.25, 0.3) is 0 Å². The summed E-state index contributed by atoms with van der Waals surface area (Å²) in [6, 6.07) is 8.79. The van der Waals surface area contributed by atoms with Crippen molar-refractivity contribution >= 4 is 18.3 Å². The normalized spacial score (nSPS) is 24.7. The van der Waals surface area contributed by atoms with Gasteiger partial charge in [-0.15, -0.1) is 0 Å². The van der Waals surface area contributed by atoms with Crippen LogP contribution in [0.5, 0.6) is 0 Å². The molecule has 1 aromatic carbocycles. The molecule has 1 heterocycles. The summed E-state index contributed by atoms with van der Waals surface area (Å²) in [5.41, 5.74) is 5.54. The summed E-state index contributed by atoms with van der Waals surface area (Å²) >= 11 is 4.87. The monoisotopic (exact) mass is 271 g/mol. The molecule has 0 saturated heterocycles. The maximum absolute atomic E-state index is 4.87. The van der Waals surface area contributed by atoms with E-state index in [4.69, 9.17) is 12.6 Å². The van der Waals surface area contributed by atoms with Gasteiger partial charge in [0.2, 0.25) is 0 Å². The van der Waals surface area contributed by atoms with Crippen LogP contribution in [0.4, 0.5) is 5.69 Å². The van der Waals surface area contributed by atoms with Gasteiger partial charge < -0.3 is 4.90 Å². The average Bonchev–Trinajstić information content (AvgIpc) is 2.41. The molecule has 0 radical (unpaired) electrons. The molecular weight excluding hydrogens is 250 g/mol. The summed E-state index contributed by atoms with van der Waals surface area (Å²) in [4.78, 5) is 2.48. The number of fused-ring (bicyclic) bond motifs is 4. The van der Waals surface area contributed by atoms with E-state index in [-0.39, 0.29) is 0 Å². The Morgan fingerprint density at radius 3 is 2.84 bits per heavy atom. The first kappa shape index (κ1) is 12.9. The Morgan fingerprint density at radius 2 is 2.05 bits per heavy atom. The number of unbranched alkanes of at least 4 members (excludes halogenated alkanes) is 1. The van der Waals surface area contributed by atoms with Gasteiger partial charge in [0, 0.05) is 23.8 Å². The smallest absolute Gasteiger partial charge is 0.0524 e. The Hall–Kier alpha value is -1.15. The molecule has 3 rings (SSSR count). The van der Waals surface area contributed by atoms with Gasteiger partial charge in [-0.1, -0.05) is 43.2 Å². The molecule has 2 heteroatoms. The average molecular weight is 271 g/mol. The van der Waals surface area contributed by atoms with Gasteiger partial charge >= 0.3 is 0 Å². The lowest BCUT2D eigenvalue weighted by atomic mass is 9.82. The van der Waals surface area contributed by atoms with Crippen LogP contribution in [0.15, 0.2) is 47.7 Å². The van der Waals surface area contributed by atoms with Crippen molar-refractivity contribution in [2.45, 2.75) is 37.9 Å². The molecule has 19 heavy (non-hydrogen) atoms. The molecule has 2 atom stereocenters. The molecule has 2 aliphatic rings. The van der Waals surface area contributed by atoms with Crippen LogP contribution in [0.2, 0.25) is 0 Å². The third-order valence-corrected chi connectivity index (χ3v) is 4.68. The van der Waals surface area contributed by atoms with Crippen LogP contribution in [0.25, 0.3) is 0 Å². The molecule has 0 aromatic heterocycles. The maximum atomic E-state index is 4.87. The van der Waals surface area contributed by atoms with Gasteiger partial charge in [0.05, 0.1) is 5.25 Å². The molecule has 2 bridgehead atoms.